The molecule has 0 aliphatic heterocycles. The van der Waals surface area contributed by atoms with E-state index in [0.717, 1.165) is 0 Å². The number of ether oxygens (including phenoxy) is 1. The van der Waals surface area contributed by atoms with Gasteiger partial charge in [-0.3, -0.25) is 4.79 Å². The molecule has 0 fully saturated rings. The molecule has 7 nitrogen and oxygen atoms in total. The van der Waals surface area contributed by atoms with Crippen molar-refractivity contribution in [3.63, 3.8) is 0 Å². The summed E-state index contributed by atoms with van der Waals surface area (Å²) in [5.41, 5.74) is 1.45. The molecule has 1 aromatic heterocycles. The number of anilines is 1. The number of rotatable bonds is 7. The molecular weight excluding hydrogens is 415 g/mol. The number of aliphatic hydroxyl groups is 1. The topological polar surface area (TPSA) is 101 Å². The maximum atomic E-state index is 14.4. The second kappa shape index (κ2) is 9.15. The van der Waals surface area contributed by atoms with Gasteiger partial charge >= 0.3 is 6.16 Å². The van der Waals surface area contributed by atoms with Gasteiger partial charge in [0, 0.05) is 19.5 Å². The number of hydrogen-bond donors (Lipinski definition) is 3. The molecule has 0 bridgehead atoms. The molecule has 0 spiro atoms. The normalized spacial score (nSPS) is 10.9. The minimum absolute atomic E-state index is 0.00245. The van der Waals surface area contributed by atoms with Gasteiger partial charge in [0.05, 0.1) is 34.4 Å². The molecule has 9 heteroatoms. The number of fused-ring (bicyclic) bond motifs is 1. The summed E-state index contributed by atoms with van der Waals surface area (Å²) in [6.45, 7) is 2.31. The summed E-state index contributed by atoms with van der Waals surface area (Å²) in [7, 11) is 0. The molecule has 0 atom stereocenters. The number of pyridine rings is 1. The average molecular weight is 435 g/mol. The Morgan fingerprint density at radius 3 is 2.77 bits per heavy atom. The third-order valence-electron chi connectivity index (χ3n) is 4.53. The lowest BCUT2D eigenvalue weighted by atomic mass is 10.0. The average Bonchev–Trinajstić information content (AvgIpc) is 2.69. The molecule has 0 radical (unpaired) electrons. The summed E-state index contributed by atoms with van der Waals surface area (Å²) in [6, 6.07) is 8.05. The molecule has 0 saturated carbocycles. The van der Waals surface area contributed by atoms with Gasteiger partial charge in [0.2, 0.25) is 5.43 Å². The van der Waals surface area contributed by atoms with Crippen molar-refractivity contribution < 1.29 is 24.1 Å². The van der Waals surface area contributed by atoms with Crippen LogP contribution in [0.4, 0.5) is 14.9 Å². The zero-order chi connectivity index (χ0) is 21.8. The molecule has 30 heavy (non-hydrogen) atoms. The molecule has 3 rings (SSSR count). The number of aromatic nitrogens is 1. The van der Waals surface area contributed by atoms with Crippen LogP contribution in [0.15, 0.2) is 41.3 Å². The number of benzene rings is 2. The standard InChI is InChI=1S/C21H20ClFN2O5/c1-2-24-16-10-12(8-13-4-3-5-15(22)18(13)23)9-14-19(16)25(6-7-26)11-17(20(14)27)30-21(28)29/h3-5,9-11,24,26H,2,6-8H2,1H3,(H,28,29). The summed E-state index contributed by atoms with van der Waals surface area (Å²) in [5.74, 6) is -0.915. The summed E-state index contributed by atoms with van der Waals surface area (Å²) in [4.78, 5) is 23.9. The van der Waals surface area contributed by atoms with Gasteiger partial charge in [-0.15, -0.1) is 0 Å². The van der Waals surface area contributed by atoms with Gasteiger partial charge in [-0.1, -0.05) is 23.7 Å². The maximum Gasteiger partial charge on any atom is 0.511 e. The first-order valence-corrected chi connectivity index (χ1v) is 9.62. The van der Waals surface area contributed by atoms with Crippen molar-refractivity contribution in [1.82, 2.24) is 4.57 Å². The van der Waals surface area contributed by atoms with Gasteiger partial charge in [0.1, 0.15) is 5.82 Å². The third kappa shape index (κ3) is 4.39. The van der Waals surface area contributed by atoms with E-state index in [9.17, 15) is 19.1 Å². The molecule has 0 unspecified atom stereocenters. The van der Waals surface area contributed by atoms with Crippen LogP contribution in [0, 0.1) is 5.82 Å². The van der Waals surface area contributed by atoms with Crippen LogP contribution in [0.2, 0.25) is 5.02 Å². The number of nitrogens with zero attached hydrogens (tertiary/aromatic N) is 1. The number of carbonyl (C=O) groups is 1. The Balaban J connectivity index is 2.25. The highest BCUT2D eigenvalue weighted by atomic mass is 35.5. The van der Waals surface area contributed by atoms with Gasteiger partial charge in [0.25, 0.3) is 0 Å². The fourth-order valence-corrected chi connectivity index (χ4v) is 3.55. The number of nitrogens with one attached hydrogen (secondary N) is 1. The predicted molar refractivity (Wildman–Crippen MR) is 112 cm³/mol. The molecule has 0 aliphatic carbocycles. The minimum Gasteiger partial charge on any atom is -0.449 e. The Labute approximate surface area is 176 Å². The Morgan fingerprint density at radius 2 is 2.10 bits per heavy atom. The summed E-state index contributed by atoms with van der Waals surface area (Å²) < 4.78 is 20.6. The van der Waals surface area contributed by atoms with E-state index in [-0.39, 0.29) is 35.7 Å². The Morgan fingerprint density at radius 1 is 1.33 bits per heavy atom. The number of carboxylic acid groups (broad SMARTS) is 1. The van der Waals surface area contributed by atoms with Gasteiger partial charge in [-0.2, -0.15) is 0 Å². The van der Waals surface area contributed by atoms with Crippen molar-refractivity contribution in [3.8, 4) is 5.75 Å². The van der Waals surface area contributed by atoms with Crippen molar-refractivity contribution in [2.24, 2.45) is 0 Å². The van der Waals surface area contributed by atoms with E-state index >= 15 is 0 Å². The van der Waals surface area contributed by atoms with E-state index in [1.165, 1.54) is 12.3 Å². The van der Waals surface area contributed by atoms with Crippen molar-refractivity contribution in [1.29, 1.82) is 0 Å². The van der Waals surface area contributed by atoms with Crippen LogP contribution in [0.25, 0.3) is 10.9 Å². The molecule has 2 aromatic carbocycles. The summed E-state index contributed by atoms with van der Waals surface area (Å²) >= 11 is 5.87. The number of halogens is 2. The number of aliphatic hydroxyl groups excluding tert-OH is 1. The molecule has 158 valence electrons. The van der Waals surface area contributed by atoms with Crippen LogP contribution in [0.5, 0.6) is 5.75 Å². The first-order chi connectivity index (χ1) is 14.3. The Hall–Kier alpha value is -3.10. The minimum atomic E-state index is -1.62. The van der Waals surface area contributed by atoms with E-state index in [2.05, 4.69) is 10.1 Å². The van der Waals surface area contributed by atoms with Crippen LogP contribution in [-0.2, 0) is 13.0 Å². The maximum absolute atomic E-state index is 14.4. The lowest BCUT2D eigenvalue weighted by Crippen LogP contribution is -2.18. The highest BCUT2D eigenvalue weighted by molar-refractivity contribution is 6.30. The predicted octanol–water partition coefficient (Wildman–Crippen LogP) is 3.87. The van der Waals surface area contributed by atoms with Crippen molar-refractivity contribution in [2.45, 2.75) is 19.9 Å². The van der Waals surface area contributed by atoms with E-state index in [0.29, 0.717) is 28.9 Å². The molecular formula is C21H20ClFN2O5. The molecule has 0 aliphatic rings. The van der Waals surface area contributed by atoms with Crippen LogP contribution in [-0.4, -0.2) is 34.1 Å². The molecule has 0 amide bonds. The first-order valence-electron chi connectivity index (χ1n) is 9.24. The van der Waals surface area contributed by atoms with Gasteiger partial charge in [-0.25, -0.2) is 9.18 Å². The van der Waals surface area contributed by atoms with Crippen molar-refractivity contribution >= 4 is 34.3 Å². The quantitative estimate of drug-likeness (QED) is 0.488. The van der Waals surface area contributed by atoms with Crippen LogP contribution >= 0.6 is 11.6 Å². The monoisotopic (exact) mass is 434 g/mol. The van der Waals surface area contributed by atoms with E-state index in [1.54, 1.807) is 28.8 Å². The molecule has 3 N–H and O–H groups in total. The first kappa shape index (κ1) is 21.6. The third-order valence-corrected chi connectivity index (χ3v) is 4.82. The number of hydrogen-bond acceptors (Lipinski definition) is 5. The second-order valence-corrected chi connectivity index (χ2v) is 6.97. The van der Waals surface area contributed by atoms with Crippen molar-refractivity contribution in [3.05, 3.63) is 68.7 Å². The van der Waals surface area contributed by atoms with Crippen LogP contribution in [0.1, 0.15) is 18.1 Å². The zero-order valence-corrected chi connectivity index (χ0v) is 16.9. The van der Waals surface area contributed by atoms with Crippen LogP contribution in [0.3, 0.4) is 0 Å². The molecule has 0 saturated heterocycles. The highest BCUT2D eigenvalue weighted by Gasteiger charge is 2.17. The second-order valence-electron chi connectivity index (χ2n) is 6.57. The molecule has 1 heterocycles. The highest BCUT2D eigenvalue weighted by Crippen LogP contribution is 2.28. The Kier molecular flexibility index (Phi) is 6.59. The Bertz CT molecular complexity index is 1160. The van der Waals surface area contributed by atoms with Crippen molar-refractivity contribution in [2.75, 3.05) is 18.5 Å². The lowest BCUT2D eigenvalue weighted by molar-refractivity contribution is 0.143. The van der Waals surface area contributed by atoms with Gasteiger partial charge in [0.15, 0.2) is 5.75 Å². The summed E-state index contributed by atoms with van der Waals surface area (Å²) in [6.07, 6.45) is -0.192. The molecule has 3 aromatic rings. The zero-order valence-electron chi connectivity index (χ0n) is 16.1. The SMILES string of the molecule is CCNc1cc(Cc2cccc(Cl)c2F)cc2c(=O)c(OC(=O)O)cn(CCO)c12. The smallest absolute Gasteiger partial charge is 0.449 e. The van der Waals surface area contributed by atoms with Crippen LogP contribution < -0.4 is 15.5 Å². The fraction of sp³-hybridized carbons (Fsp3) is 0.238. The fourth-order valence-electron chi connectivity index (χ4n) is 3.36. The lowest BCUT2D eigenvalue weighted by Gasteiger charge is -2.17. The van der Waals surface area contributed by atoms with Gasteiger partial charge in [-0.05, 0) is 36.2 Å². The van der Waals surface area contributed by atoms with E-state index in [1.807, 2.05) is 6.92 Å². The largest absolute Gasteiger partial charge is 0.511 e. The van der Waals surface area contributed by atoms with E-state index < -0.39 is 17.4 Å². The summed E-state index contributed by atoms with van der Waals surface area (Å²) in [5, 5.41) is 21.7. The van der Waals surface area contributed by atoms with Gasteiger partial charge < -0.3 is 24.8 Å². The van der Waals surface area contributed by atoms with E-state index in [4.69, 9.17) is 16.7 Å².